The minimum absolute atomic E-state index is 0. The highest BCUT2D eigenvalue weighted by Gasteiger charge is 2.10. The lowest BCUT2D eigenvalue weighted by molar-refractivity contribution is -0.0504. The van der Waals surface area contributed by atoms with E-state index in [9.17, 15) is 8.78 Å². The average molecular weight is 508 g/mol. The lowest BCUT2D eigenvalue weighted by atomic mass is 10.2. The van der Waals surface area contributed by atoms with Gasteiger partial charge in [0.1, 0.15) is 5.75 Å². The Balaban J connectivity index is 0.00000625. The van der Waals surface area contributed by atoms with Crippen LogP contribution in [0, 0.1) is 0 Å². The molecule has 0 aliphatic heterocycles. The summed E-state index contributed by atoms with van der Waals surface area (Å²) in [5, 5.41) is 6.59. The van der Waals surface area contributed by atoms with Gasteiger partial charge in [-0.1, -0.05) is 11.6 Å². The number of benzene rings is 1. The summed E-state index contributed by atoms with van der Waals surface area (Å²) in [5.41, 5.74) is 0.473. The second-order valence-electron chi connectivity index (χ2n) is 4.86. The van der Waals surface area contributed by atoms with Gasteiger partial charge in [0, 0.05) is 30.8 Å². The molecule has 0 bridgehead atoms. The van der Waals surface area contributed by atoms with Crippen molar-refractivity contribution >= 4 is 41.5 Å². The van der Waals surface area contributed by atoms with Gasteiger partial charge in [-0.05, 0) is 25.1 Å². The summed E-state index contributed by atoms with van der Waals surface area (Å²) in [6, 6.07) is 4.46. The maximum Gasteiger partial charge on any atom is 0.387 e. The Kier molecular flexibility index (Phi) is 14.6. The van der Waals surface area contributed by atoms with Gasteiger partial charge in [0.05, 0.1) is 26.4 Å². The monoisotopic (exact) mass is 507 g/mol. The van der Waals surface area contributed by atoms with Crippen LogP contribution in [0.4, 0.5) is 8.78 Å². The van der Waals surface area contributed by atoms with E-state index in [1.54, 1.807) is 13.2 Å². The molecule has 0 unspecified atom stereocenters. The van der Waals surface area contributed by atoms with E-state index in [1.807, 2.05) is 6.92 Å². The first-order valence-electron chi connectivity index (χ1n) is 7.89. The van der Waals surface area contributed by atoms with Gasteiger partial charge in [0.15, 0.2) is 5.96 Å². The van der Waals surface area contributed by atoms with Gasteiger partial charge in [-0.2, -0.15) is 8.78 Å². The van der Waals surface area contributed by atoms with Crippen LogP contribution in [0.3, 0.4) is 0 Å². The fourth-order valence-corrected chi connectivity index (χ4v) is 2.07. The highest BCUT2D eigenvalue weighted by atomic mass is 127. The molecule has 10 heteroatoms. The van der Waals surface area contributed by atoms with Crippen molar-refractivity contribution in [3.8, 4) is 5.75 Å². The predicted molar refractivity (Wildman–Crippen MR) is 109 cm³/mol. The van der Waals surface area contributed by atoms with Gasteiger partial charge in [0.2, 0.25) is 0 Å². The number of alkyl halides is 2. The molecule has 150 valence electrons. The van der Waals surface area contributed by atoms with Crippen molar-refractivity contribution in [1.82, 2.24) is 10.6 Å². The van der Waals surface area contributed by atoms with Crippen molar-refractivity contribution in [3.63, 3.8) is 0 Å². The number of nitrogens with zero attached hydrogens (tertiary/aromatic N) is 1. The Morgan fingerprint density at radius 1 is 1.23 bits per heavy atom. The second-order valence-corrected chi connectivity index (χ2v) is 5.29. The van der Waals surface area contributed by atoms with E-state index in [0.29, 0.717) is 49.5 Å². The summed E-state index contributed by atoms with van der Waals surface area (Å²) in [4.78, 5) is 4.36. The molecule has 0 spiro atoms. The molecular formula is C16H25ClF2IN3O3. The third-order valence-electron chi connectivity index (χ3n) is 2.96. The normalized spacial score (nSPS) is 11.2. The van der Waals surface area contributed by atoms with Crippen LogP contribution in [0.15, 0.2) is 23.2 Å². The van der Waals surface area contributed by atoms with Gasteiger partial charge >= 0.3 is 6.61 Å². The Hall–Kier alpha value is -0.910. The fraction of sp³-hybridized carbons (Fsp3) is 0.562. The lowest BCUT2D eigenvalue weighted by Crippen LogP contribution is -2.39. The van der Waals surface area contributed by atoms with Crippen LogP contribution in [0.5, 0.6) is 5.75 Å². The van der Waals surface area contributed by atoms with Crippen LogP contribution in [0.25, 0.3) is 0 Å². The minimum Gasteiger partial charge on any atom is -0.434 e. The SMILES string of the molecule is CCNC(=NCc1cc(Cl)ccc1OC(F)F)NCCOCCOC.I. The van der Waals surface area contributed by atoms with Gasteiger partial charge in [-0.3, -0.25) is 0 Å². The maximum absolute atomic E-state index is 12.5. The summed E-state index contributed by atoms with van der Waals surface area (Å²) < 4.78 is 39.7. The third-order valence-corrected chi connectivity index (χ3v) is 3.20. The van der Waals surface area contributed by atoms with Crippen molar-refractivity contribution in [2.45, 2.75) is 20.1 Å². The molecule has 0 aromatic heterocycles. The standard InChI is InChI=1S/C16H24ClF2N3O3.HI/c1-3-20-16(21-6-7-24-9-8-23-2)22-11-12-10-13(17)4-5-14(12)25-15(18)19;/h4-5,10,15H,3,6-9,11H2,1-2H3,(H2,20,21,22);1H. The lowest BCUT2D eigenvalue weighted by Gasteiger charge is -2.13. The molecule has 2 N–H and O–H groups in total. The molecule has 1 aromatic carbocycles. The Morgan fingerprint density at radius 2 is 2.00 bits per heavy atom. The first-order valence-corrected chi connectivity index (χ1v) is 8.26. The molecule has 1 rings (SSSR count). The van der Waals surface area contributed by atoms with Crippen LogP contribution >= 0.6 is 35.6 Å². The summed E-state index contributed by atoms with van der Waals surface area (Å²) in [7, 11) is 1.61. The number of nitrogens with one attached hydrogen (secondary N) is 2. The number of halogens is 4. The molecule has 0 radical (unpaired) electrons. The third kappa shape index (κ3) is 10.9. The topological polar surface area (TPSA) is 64.1 Å². The van der Waals surface area contributed by atoms with Crippen LogP contribution < -0.4 is 15.4 Å². The molecule has 0 amide bonds. The molecule has 0 saturated heterocycles. The van der Waals surface area contributed by atoms with Gasteiger partial charge in [-0.15, -0.1) is 24.0 Å². The predicted octanol–water partition coefficient (Wildman–Crippen LogP) is 3.28. The van der Waals surface area contributed by atoms with Crippen LogP contribution in [0.2, 0.25) is 5.02 Å². The van der Waals surface area contributed by atoms with Crippen molar-refractivity contribution in [3.05, 3.63) is 28.8 Å². The zero-order chi connectivity index (χ0) is 18.5. The zero-order valence-electron chi connectivity index (χ0n) is 14.8. The second kappa shape index (κ2) is 15.2. The highest BCUT2D eigenvalue weighted by Crippen LogP contribution is 2.25. The number of rotatable bonds is 11. The summed E-state index contributed by atoms with van der Waals surface area (Å²) in [6.07, 6.45) is 0. The van der Waals surface area contributed by atoms with E-state index >= 15 is 0 Å². The number of hydrogen-bond acceptors (Lipinski definition) is 4. The fourth-order valence-electron chi connectivity index (χ4n) is 1.87. The van der Waals surface area contributed by atoms with Crippen LogP contribution in [0.1, 0.15) is 12.5 Å². The average Bonchev–Trinajstić information content (AvgIpc) is 2.57. The smallest absolute Gasteiger partial charge is 0.387 e. The zero-order valence-corrected chi connectivity index (χ0v) is 17.9. The van der Waals surface area contributed by atoms with E-state index in [4.69, 9.17) is 21.1 Å². The number of methoxy groups -OCH3 is 1. The largest absolute Gasteiger partial charge is 0.434 e. The Labute approximate surface area is 174 Å². The molecule has 6 nitrogen and oxygen atoms in total. The molecule has 0 heterocycles. The minimum atomic E-state index is -2.90. The van der Waals surface area contributed by atoms with Crippen molar-refractivity contribution in [1.29, 1.82) is 0 Å². The molecule has 0 fully saturated rings. The first kappa shape index (κ1) is 25.1. The molecular weight excluding hydrogens is 483 g/mol. The molecule has 0 atom stereocenters. The van der Waals surface area contributed by atoms with Crippen molar-refractivity contribution in [2.75, 3.05) is 40.0 Å². The van der Waals surface area contributed by atoms with Gasteiger partial charge < -0.3 is 24.8 Å². The van der Waals surface area contributed by atoms with E-state index in [1.165, 1.54) is 12.1 Å². The number of guanidine groups is 1. The Bertz CT molecular complexity index is 539. The summed E-state index contributed by atoms with van der Waals surface area (Å²) >= 11 is 5.92. The Morgan fingerprint density at radius 3 is 2.65 bits per heavy atom. The van der Waals surface area contributed by atoms with Crippen molar-refractivity contribution in [2.24, 2.45) is 4.99 Å². The van der Waals surface area contributed by atoms with E-state index in [2.05, 4.69) is 20.4 Å². The molecule has 0 aliphatic carbocycles. The van der Waals surface area contributed by atoms with Crippen molar-refractivity contribution < 1.29 is 23.0 Å². The molecule has 0 saturated carbocycles. The molecule has 26 heavy (non-hydrogen) atoms. The number of hydrogen-bond donors (Lipinski definition) is 2. The molecule has 0 aliphatic rings. The summed E-state index contributed by atoms with van der Waals surface area (Å²) in [5.74, 6) is 0.600. The van der Waals surface area contributed by atoms with Crippen LogP contribution in [-0.2, 0) is 16.0 Å². The number of aliphatic imine (C=N–C) groups is 1. The van der Waals surface area contributed by atoms with Gasteiger partial charge in [0.25, 0.3) is 0 Å². The molecule has 1 aromatic rings. The summed E-state index contributed by atoms with van der Waals surface area (Å²) in [6.45, 7) is 1.92. The maximum atomic E-state index is 12.5. The van der Waals surface area contributed by atoms with E-state index in [0.717, 1.165) is 0 Å². The van der Waals surface area contributed by atoms with Crippen LogP contribution in [-0.4, -0.2) is 52.6 Å². The van der Waals surface area contributed by atoms with E-state index in [-0.39, 0.29) is 36.3 Å². The van der Waals surface area contributed by atoms with E-state index < -0.39 is 6.61 Å². The first-order chi connectivity index (χ1) is 12.1. The number of ether oxygens (including phenoxy) is 3. The quantitative estimate of drug-likeness (QED) is 0.208. The van der Waals surface area contributed by atoms with Gasteiger partial charge in [-0.25, -0.2) is 4.99 Å². The highest BCUT2D eigenvalue weighted by molar-refractivity contribution is 14.0.